The van der Waals surface area contributed by atoms with Gasteiger partial charge >= 0.3 is 5.97 Å². The van der Waals surface area contributed by atoms with E-state index in [4.69, 9.17) is 4.74 Å². The predicted octanol–water partition coefficient (Wildman–Crippen LogP) is 2.44. The maximum atomic E-state index is 12.0. The number of hydrogen-bond donors (Lipinski definition) is 1. The van der Waals surface area contributed by atoms with Crippen molar-refractivity contribution >= 4 is 11.8 Å². The van der Waals surface area contributed by atoms with Gasteiger partial charge in [-0.15, -0.1) is 0 Å². The molecule has 0 bridgehead atoms. The molecule has 0 atom stereocenters. The van der Waals surface area contributed by atoms with Gasteiger partial charge in [0.25, 0.3) is 5.78 Å². The van der Waals surface area contributed by atoms with E-state index >= 15 is 0 Å². The number of ketones is 1. The number of ether oxygens (including phenoxy) is 2. The highest BCUT2D eigenvalue weighted by atomic mass is 16.5. The number of carbonyl (C=O) groups is 2. The van der Waals surface area contributed by atoms with Crippen LogP contribution in [0.5, 0.6) is 11.5 Å². The van der Waals surface area contributed by atoms with Gasteiger partial charge in [-0.3, -0.25) is 4.79 Å². The second-order valence-electron chi connectivity index (χ2n) is 5.37. The van der Waals surface area contributed by atoms with Gasteiger partial charge in [-0.2, -0.15) is 0 Å². The van der Waals surface area contributed by atoms with E-state index in [0.717, 1.165) is 0 Å². The van der Waals surface area contributed by atoms with Crippen molar-refractivity contribution in [1.82, 2.24) is 0 Å². The molecule has 1 aromatic carbocycles. The summed E-state index contributed by atoms with van der Waals surface area (Å²) in [6, 6.07) is 2.82. The number of rotatable bonds is 4. The first-order valence-corrected chi connectivity index (χ1v) is 6.35. The summed E-state index contributed by atoms with van der Waals surface area (Å²) >= 11 is 0. The quantitative estimate of drug-likeness (QED) is 0.521. The molecule has 1 aromatic rings. The molecular weight excluding hydrogens is 260 g/mol. The number of Topliss-reactive ketones (excluding diaryl/α,β-unsaturated/α-hetero) is 1. The third-order valence-electron chi connectivity index (χ3n) is 2.83. The van der Waals surface area contributed by atoms with Gasteiger partial charge in [-0.25, -0.2) is 4.79 Å². The lowest BCUT2D eigenvalue weighted by Gasteiger charge is -2.22. The molecule has 110 valence electrons. The molecule has 0 amide bonds. The number of hydrogen-bond acceptors (Lipinski definition) is 5. The van der Waals surface area contributed by atoms with Crippen LogP contribution in [0.2, 0.25) is 0 Å². The van der Waals surface area contributed by atoms with Crippen LogP contribution in [0.25, 0.3) is 0 Å². The molecule has 1 N–H and O–H groups in total. The van der Waals surface area contributed by atoms with Crippen molar-refractivity contribution in [2.24, 2.45) is 0 Å². The Kier molecular flexibility index (Phi) is 4.76. The third-order valence-corrected chi connectivity index (χ3v) is 2.83. The van der Waals surface area contributed by atoms with E-state index in [1.165, 1.54) is 13.2 Å². The summed E-state index contributed by atoms with van der Waals surface area (Å²) in [7, 11) is 1.40. The lowest BCUT2D eigenvalue weighted by atomic mass is 9.85. The van der Waals surface area contributed by atoms with E-state index in [1.54, 1.807) is 13.0 Å². The van der Waals surface area contributed by atoms with Gasteiger partial charge in [0.05, 0.1) is 19.3 Å². The number of phenols is 1. The summed E-state index contributed by atoms with van der Waals surface area (Å²) in [6.45, 7) is 7.50. The van der Waals surface area contributed by atoms with Gasteiger partial charge in [-0.1, -0.05) is 20.8 Å². The Morgan fingerprint density at radius 2 is 1.85 bits per heavy atom. The van der Waals surface area contributed by atoms with Crippen molar-refractivity contribution in [3.05, 3.63) is 23.3 Å². The fourth-order valence-electron chi connectivity index (χ4n) is 1.82. The van der Waals surface area contributed by atoms with E-state index < -0.39 is 11.8 Å². The molecule has 0 spiro atoms. The first-order valence-electron chi connectivity index (χ1n) is 6.35. The highest BCUT2D eigenvalue weighted by Gasteiger charge is 2.26. The Hall–Kier alpha value is -2.04. The highest BCUT2D eigenvalue weighted by Crippen LogP contribution is 2.36. The van der Waals surface area contributed by atoms with Crippen molar-refractivity contribution in [2.45, 2.75) is 33.1 Å². The Morgan fingerprint density at radius 3 is 2.30 bits per heavy atom. The van der Waals surface area contributed by atoms with Crippen molar-refractivity contribution in [3.8, 4) is 11.5 Å². The highest BCUT2D eigenvalue weighted by molar-refractivity contribution is 6.41. The summed E-state index contributed by atoms with van der Waals surface area (Å²) in [5, 5.41) is 10.0. The second kappa shape index (κ2) is 5.94. The van der Waals surface area contributed by atoms with Crippen LogP contribution in [-0.2, 0) is 14.9 Å². The zero-order valence-electron chi connectivity index (χ0n) is 12.4. The third kappa shape index (κ3) is 3.29. The molecule has 0 unspecified atom stereocenters. The Labute approximate surface area is 118 Å². The molecule has 0 heterocycles. The largest absolute Gasteiger partial charge is 0.508 e. The average molecular weight is 280 g/mol. The van der Waals surface area contributed by atoms with Gasteiger partial charge in [0.2, 0.25) is 0 Å². The van der Waals surface area contributed by atoms with Gasteiger partial charge < -0.3 is 14.6 Å². The zero-order valence-corrected chi connectivity index (χ0v) is 12.4. The summed E-state index contributed by atoms with van der Waals surface area (Å²) in [5.41, 5.74) is 0.314. The van der Waals surface area contributed by atoms with E-state index in [0.29, 0.717) is 5.56 Å². The number of benzene rings is 1. The summed E-state index contributed by atoms with van der Waals surface area (Å²) in [4.78, 5) is 23.5. The Morgan fingerprint density at radius 1 is 1.25 bits per heavy atom. The molecule has 0 saturated heterocycles. The van der Waals surface area contributed by atoms with Crippen LogP contribution in [0.1, 0.15) is 43.6 Å². The molecule has 0 aliphatic rings. The van der Waals surface area contributed by atoms with E-state index in [-0.39, 0.29) is 29.1 Å². The van der Waals surface area contributed by atoms with Crippen LogP contribution in [0.15, 0.2) is 12.1 Å². The molecule has 1 rings (SSSR count). The van der Waals surface area contributed by atoms with Crippen LogP contribution in [0.4, 0.5) is 0 Å². The zero-order chi connectivity index (χ0) is 15.5. The molecule has 0 aliphatic carbocycles. The van der Waals surface area contributed by atoms with E-state index in [2.05, 4.69) is 4.74 Å². The molecule has 20 heavy (non-hydrogen) atoms. The van der Waals surface area contributed by atoms with Crippen LogP contribution in [0, 0.1) is 0 Å². The predicted molar refractivity (Wildman–Crippen MR) is 74.3 cm³/mol. The maximum absolute atomic E-state index is 12.0. The number of aromatic hydroxyl groups is 1. The first-order chi connectivity index (χ1) is 9.22. The minimum absolute atomic E-state index is 0.00329. The van der Waals surface area contributed by atoms with Crippen LogP contribution < -0.4 is 4.74 Å². The van der Waals surface area contributed by atoms with Crippen LogP contribution in [-0.4, -0.2) is 30.6 Å². The lowest BCUT2D eigenvalue weighted by Crippen LogP contribution is -2.19. The van der Waals surface area contributed by atoms with Gasteiger partial charge in [-0.05, 0) is 24.5 Å². The number of methoxy groups -OCH3 is 1. The standard InChI is InChI=1S/C15H20O5/c1-6-20-14(18)13(17)9-7-11(16)10(15(2,3)4)8-12(9)19-5/h7-8,16H,6H2,1-5H3. The molecule has 0 radical (unpaired) electrons. The van der Waals surface area contributed by atoms with Crippen molar-refractivity contribution in [1.29, 1.82) is 0 Å². The van der Waals surface area contributed by atoms with Gasteiger partial charge in [0.15, 0.2) is 0 Å². The van der Waals surface area contributed by atoms with Crippen molar-refractivity contribution in [2.75, 3.05) is 13.7 Å². The average Bonchev–Trinajstić information content (AvgIpc) is 2.36. The monoisotopic (exact) mass is 280 g/mol. The first kappa shape index (κ1) is 16.0. The molecule has 5 nitrogen and oxygen atoms in total. The minimum Gasteiger partial charge on any atom is -0.508 e. The second-order valence-corrected chi connectivity index (χ2v) is 5.37. The van der Waals surface area contributed by atoms with E-state index in [1.807, 2.05) is 20.8 Å². The molecule has 0 aromatic heterocycles. The molecule has 0 saturated carbocycles. The molecular formula is C15H20O5. The minimum atomic E-state index is -0.964. The fraction of sp³-hybridized carbons (Fsp3) is 0.467. The van der Waals surface area contributed by atoms with E-state index in [9.17, 15) is 14.7 Å². The summed E-state index contributed by atoms with van der Waals surface area (Å²) in [6.07, 6.45) is 0. The Bertz CT molecular complexity index is 526. The molecule has 0 fully saturated rings. The fourth-order valence-corrected chi connectivity index (χ4v) is 1.82. The SMILES string of the molecule is CCOC(=O)C(=O)c1cc(O)c(C(C)(C)C)cc1OC. The van der Waals surface area contributed by atoms with Crippen molar-refractivity contribution in [3.63, 3.8) is 0 Å². The summed E-state index contributed by atoms with van der Waals surface area (Å²) < 4.78 is 9.82. The molecule has 0 aliphatic heterocycles. The van der Waals surface area contributed by atoms with Crippen LogP contribution >= 0.6 is 0 Å². The normalized spacial score (nSPS) is 11.1. The van der Waals surface area contributed by atoms with Crippen molar-refractivity contribution < 1.29 is 24.2 Å². The number of carbonyl (C=O) groups excluding carboxylic acids is 2. The maximum Gasteiger partial charge on any atom is 0.379 e. The number of phenolic OH excluding ortho intramolecular Hbond substituents is 1. The number of esters is 1. The summed E-state index contributed by atoms with van der Waals surface area (Å²) in [5.74, 6) is -1.61. The smallest absolute Gasteiger partial charge is 0.379 e. The lowest BCUT2D eigenvalue weighted by molar-refractivity contribution is -0.137. The molecule has 5 heteroatoms. The van der Waals surface area contributed by atoms with Gasteiger partial charge in [0.1, 0.15) is 11.5 Å². The topological polar surface area (TPSA) is 72.8 Å². The Balaban J connectivity index is 3.32. The van der Waals surface area contributed by atoms with Crippen LogP contribution in [0.3, 0.4) is 0 Å². The van der Waals surface area contributed by atoms with Gasteiger partial charge in [0, 0.05) is 5.56 Å².